The van der Waals surface area contributed by atoms with Gasteiger partial charge in [0.2, 0.25) is 0 Å². The minimum Gasteiger partial charge on any atom is -0.505 e. The van der Waals surface area contributed by atoms with Crippen molar-refractivity contribution in [1.82, 2.24) is 18.7 Å². The Hall–Kier alpha value is -4.43. The highest BCUT2D eigenvalue weighted by atomic mass is 35.5. The van der Waals surface area contributed by atoms with Crippen molar-refractivity contribution in [3.63, 3.8) is 0 Å². The largest absolute Gasteiger partial charge is 0.505 e. The van der Waals surface area contributed by atoms with Gasteiger partial charge in [0.15, 0.2) is 28.9 Å². The molecule has 10 nitrogen and oxygen atoms in total. The van der Waals surface area contributed by atoms with Crippen LogP contribution in [-0.2, 0) is 35.7 Å². The Labute approximate surface area is 280 Å². The average Bonchev–Trinajstić information content (AvgIpc) is 3.46. The van der Waals surface area contributed by atoms with Crippen molar-refractivity contribution in [2.75, 3.05) is 13.7 Å². The number of benzene rings is 2. The van der Waals surface area contributed by atoms with Gasteiger partial charge >= 0.3 is 0 Å². The van der Waals surface area contributed by atoms with Crippen molar-refractivity contribution in [3.05, 3.63) is 90.4 Å². The fourth-order valence-corrected chi connectivity index (χ4v) is 6.32. The Bertz CT molecular complexity index is 2050. The maximum Gasteiger partial charge on any atom is 0.276 e. The van der Waals surface area contributed by atoms with E-state index >= 15 is 0 Å². The van der Waals surface area contributed by atoms with Gasteiger partial charge in [0.05, 0.1) is 18.2 Å². The maximum atomic E-state index is 14.5. The van der Waals surface area contributed by atoms with E-state index in [1.165, 1.54) is 29.5 Å². The summed E-state index contributed by atoms with van der Waals surface area (Å²) < 4.78 is 72.1. The first-order valence-corrected chi connectivity index (χ1v) is 15.6. The van der Waals surface area contributed by atoms with E-state index in [2.05, 4.69) is 0 Å². The summed E-state index contributed by atoms with van der Waals surface area (Å²) in [5.74, 6) is -4.96. The zero-order valence-corrected chi connectivity index (χ0v) is 27.3. The van der Waals surface area contributed by atoms with Crippen LogP contribution in [0.4, 0.5) is 17.6 Å². The molecule has 0 saturated heterocycles. The molecule has 0 spiro atoms. The van der Waals surface area contributed by atoms with Gasteiger partial charge in [-0.2, -0.15) is 0 Å². The minimum atomic E-state index is -1.08. The van der Waals surface area contributed by atoms with Crippen LogP contribution in [0.5, 0.6) is 11.5 Å². The Balaban J connectivity index is 0.000000198. The van der Waals surface area contributed by atoms with Crippen LogP contribution in [0.15, 0.2) is 45.7 Å². The summed E-state index contributed by atoms with van der Waals surface area (Å²) in [5, 5.41) is 9.59. The number of aromatic hydroxyl groups is 1. The molecule has 2 aliphatic heterocycles. The number of carbonyl (C=O) groups excluding carboxylic acids is 1. The second kappa shape index (κ2) is 14.4. The molecule has 0 saturated carbocycles. The summed E-state index contributed by atoms with van der Waals surface area (Å²) in [6.45, 7) is 3.21. The smallest absolute Gasteiger partial charge is 0.276 e. The van der Waals surface area contributed by atoms with E-state index in [1.807, 2.05) is 0 Å². The summed E-state index contributed by atoms with van der Waals surface area (Å²) in [5.41, 5.74) is -1.27. The van der Waals surface area contributed by atoms with Gasteiger partial charge in [0, 0.05) is 55.5 Å². The molecule has 0 amide bonds. The van der Waals surface area contributed by atoms with Gasteiger partial charge < -0.3 is 14.6 Å². The zero-order chi connectivity index (χ0) is 34.9. The lowest BCUT2D eigenvalue weighted by Crippen LogP contribution is -2.27. The predicted octanol–water partition coefficient (Wildman–Crippen LogP) is 6.29. The van der Waals surface area contributed by atoms with Gasteiger partial charge in [-0.3, -0.25) is 23.7 Å². The summed E-state index contributed by atoms with van der Waals surface area (Å²) in [4.78, 5) is 36.2. The normalized spacial score (nSPS) is 14.1. The summed E-state index contributed by atoms with van der Waals surface area (Å²) in [6, 6.07) is 3.17. The molecule has 0 fully saturated rings. The van der Waals surface area contributed by atoms with E-state index in [0.717, 1.165) is 37.8 Å². The molecule has 6 rings (SSSR count). The number of halogens is 6. The Morgan fingerprint density at radius 1 is 0.771 bits per heavy atom. The lowest BCUT2D eigenvalue weighted by molar-refractivity contribution is -0.112. The zero-order valence-electron chi connectivity index (χ0n) is 25.8. The highest BCUT2D eigenvalue weighted by Gasteiger charge is 2.27. The number of ketones is 1. The average molecular weight is 714 g/mol. The van der Waals surface area contributed by atoms with Crippen LogP contribution in [0.2, 0.25) is 10.3 Å². The van der Waals surface area contributed by atoms with Crippen molar-refractivity contribution < 1.29 is 36.9 Å². The molecule has 256 valence electrons. The quantitative estimate of drug-likeness (QED) is 0.137. The van der Waals surface area contributed by atoms with Crippen LogP contribution in [0, 0.1) is 23.3 Å². The van der Waals surface area contributed by atoms with Gasteiger partial charge in [-0.25, -0.2) is 26.9 Å². The number of fused-ring (bicyclic) bond motifs is 2. The van der Waals surface area contributed by atoms with Crippen LogP contribution < -0.4 is 15.9 Å². The number of aromatic nitrogens is 4. The molecule has 16 heteroatoms. The molecule has 0 aliphatic carbocycles. The van der Waals surface area contributed by atoms with Gasteiger partial charge in [-0.05, 0) is 44.7 Å². The van der Waals surface area contributed by atoms with Crippen LogP contribution in [-0.4, -0.2) is 43.3 Å². The van der Waals surface area contributed by atoms with Crippen LogP contribution in [0.1, 0.15) is 32.6 Å². The molecule has 0 radical (unpaired) electrons. The third kappa shape index (κ3) is 6.76. The van der Waals surface area contributed by atoms with E-state index in [4.69, 9.17) is 32.7 Å². The molecule has 2 aliphatic rings. The second-order valence-corrected chi connectivity index (χ2v) is 11.8. The predicted molar refractivity (Wildman–Crippen MR) is 170 cm³/mol. The van der Waals surface area contributed by atoms with E-state index in [0.29, 0.717) is 38.3 Å². The Kier molecular flexibility index (Phi) is 10.4. The molecule has 4 heterocycles. The van der Waals surface area contributed by atoms with Crippen molar-refractivity contribution >= 4 is 29.0 Å². The standard InChI is InChI=1S/C19H19ClF2N2O4.C13H11ClF2N2O2/c1-11(25)7-12(27-2)10-28-16-8-13(14(21)9-15(16)22)17-18(20)23-5-3-4-6-24(23)19(17)26;14-12-11(7-5-10(19)9(16)6-8(7)15)13(20)18-4-2-1-3-17(12)18/h7-9H,3-6,10H2,1-2H3;5-6,19H,1-4H2/b12-7+;. The number of methoxy groups -OCH3 is 1. The number of allylic oxidation sites excluding steroid dienone is 1. The molecule has 48 heavy (non-hydrogen) atoms. The minimum absolute atomic E-state index is 0.0304. The number of hydrogen-bond donors (Lipinski definition) is 1. The second-order valence-electron chi connectivity index (χ2n) is 11.1. The number of phenols is 1. The van der Waals surface area contributed by atoms with E-state index < -0.39 is 40.1 Å². The molecule has 4 aromatic rings. The number of carbonyl (C=O) groups is 1. The number of rotatable bonds is 7. The first-order valence-electron chi connectivity index (χ1n) is 14.9. The Morgan fingerprint density at radius 2 is 1.23 bits per heavy atom. The third-order valence-corrected chi connectivity index (χ3v) is 8.69. The third-order valence-electron chi connectivity index (χ3n) is 7.92. The molecule has 0 unspecified atom stereocenters. The van der Waals surface area contributed by atoms with Gasteiger partial charge in [-0.15, -0.1) is 0 Å². The molecule has 0 bridgehead atoms. The Morgan fingerprint density at radius 3 is 1.69 bits per heavy atom. The molecular weight excluding hydrogens is 683 g/mol. The van der Waals surface area contributed by atoms with Crippen molar-refractivity contribution in [3.8, 4) is 33.8 Å². The topological polar surface area (TPSA) is 110 Å². The van der Waals surface area contributed by atoms with Crippen molar-refractivity contribution in [2.45, 2.75) is 58.8 Å². The number of ether oxygens (including phenoxy) is 2. The van der Waals surface area contributed by atoms with Crippen LogP contribution in [0.3, 0.4) is 0 Å². The first-order chi connectivity index (χ1) is 22.8. The maximum absolute atomic E-state index is 14.5. The van der Waals surface area contributed by atoms with Gasteiger partial charge in [0.1, 0.15) is 34.3 Å². The van der Waals surface area contributed by atoms with Crippen molar-refractivity contribution in [2.24, 2.45) is 0 Å². The molecular formula is C32H30Cl2F4N4O6. The fourth-order valence-electron chi connectivity index (χ4n) is 5.60. The fraction of sp³-hybridized carbons (Fsp3) is 0.344. The lowest BCUT2D eigenvalue weighted by Gasteiger charge is -2.17. The SMILES string of the molecule is CO/C(=C/C(C)=O)COc1cc(-c2c(Cl)n3n(c2=O)CCCC3)c(F)cc1F.O=c1c(-c2cc(O)c(F)cc2F)c(Cl)n2n1CCCC2. The summed E-state index contributed by atoms with van der Waals surface area (Å²) in [7, 11) is 1.34. The van der Waals surface area contributed by atoms with Gasteiger partial charge in [0.25, 0.3) is 11.1 Å². The van der Waals surface area contributed by atoms with E-state index in [-0.39, 0.29) is 56.5 Å². The monoisotopic (exact) mass is 712 g/mol. The van der Waals surface area contributed by atoms with Gasteiger partial charge in [-0.1, -0.05) is 23.2 Å². The van der Waals surface area contributed by atoms with Crippen LogP contribution >= 0.6 is 23.2 Å². The highest BCUT2D eigenvalue weighted by Crippen LogP contribution is 2.34. The van der Waals surface area contributed by atoms with Crippen LogP contribution in [0.25, 0.3) is 22.3 Å². The molecule has 2 aromatic heterocycles. The first kappa shape index (κ1) is 34.9. The summed E-state index contributed by atoms with van der Waals surface area (Å²) >= 11 is 12.5. The number of hydrogen-bond acceptors (Lipinski definition) is 6. The summed E-state index contributed by atoms with van der Waals surface area (Å²) in [6.07, 6.45) is 4.60. The molecule has 0 atom stereocenters. The van der Waals surface area contributed by atoms with Crippen molar-refractivity contribution in [1.29, 1.82) is 0 Å². The highest BCUT2D eigenvalue weighted by molar-refractivity contribution is 6.32. The van der Waals surface area contributed by atoms with E-state index in [1.54, 1.807) is 9.36 Å². The lowest BCUT2D eigenvalue weighted by atomic mass is 10.1. The number of nitrogens with zero attached hydrogens (tertiary/aromatic N) is 4. The number of phenolic OH excluding ortho intramolecular Hbond substituents is 1. The molecule has 1 N–H and O–H groups in total. The van der Waals surface area contributed by atoms with E-state index in [9.17, 15) is 37.1 Å². The molecule has 2 aromatic carbocycles.